The molecule has 1 aromatic heterocycles. The molecule has 0 fully saturated rings. The van der Waals surface area contributed by atoms with Gasteiger partial charge in [0.05, 0.1) is 12.2 Å². The number of pyridine rings is 1. The molecule has 0 saturated carbocycles. The van der Waals surface area contributed by atoms with Crippen LogP contribution in [-0.4, -0.2) is 47.1 Å². The highest BCUT2D eigenvalue weighted by Gasteiger charge is 2.15. The third-order valence-electron chi connectivity index (χ3n) is 3.39. The molecule has 2 aromatic rings. The summed E-state index contributed by atoms with van der Waals surface area (Å²) in [6.07, 6.45) is 1.43. The molecule has 0 radical (unpaired) electrons. The van der Waals surface area contributed by atoms with E-state index in [4.69, 9.17) is 26.2 Å². The van der Waals surface area contributed by atoms with E-state index in [1.54, 1.807) is 31.3 Å². The summed E-state index contributed by atoms with van der Waals surface area (Å²) >= 11 is 6.07. The molecule has 0 aliphatic carbocycles. The van der Waals surface area contributed by atoms with Crippen molar-refractivity contribution in [3.05, 3.63) is 52.7 Å². The highest BCUT2D eigenvalue weighted by molar-refractivity contribution is 6.32. The molecule has 1 amide bonds. The summed E-state index contributed by atoms with van der Waals surface area (Å²) < 4.78 is 10.3. The second-order valence-electron chi connectivity index (χ2n) is 5.43. The standard InChI is InChI=1S/C18H19ClN2O5/c1-3-25-17-15(19)8-13(9-20-17)18(24)21(2)10-12-4-6-14(7-5-12)26-11-16(22)23/h4-9H,3,10-11H2,1-2H3,(H,22,23). The molecular weight excluding hydrogens is 360 g/mol. The Morgan fingerprint density at radius 3 is 2.50 bits per heavy atom. The van der Waals surface area contributed by atoms with E-state index in [0.717, 1.165) is 5.56 Å². The van der Waals surface area contributed by atoms with Crippen LogP contribution < -0.4 is 9.47 Å². The number of carboxylic acids is 1. The number of benzene rings is 1. The number of ether oxygens (including phenoxy) is 2. The predicted molar refractivity (Wildman–Crippen MR) is 95.8 cm³/mol. The molecule has 0 aliphatic heterocycles. The van der Waals surface area contributed by atoms with E-state index >= 15 is 0 Å². The van der Waals surface area contributed by atoms with Crippen molar-refractivity contribution >= 4 is 23.5 Å². The normalized spacial score (nSPS) is 10.3. The van der Waals surface area contributed by atoms with Gasteiger partial charge in [0.25, 0.3) is 5.91 Å². The number of hydrogen-bond acceptors (Lipinski definition) is 5. The van der Waals surface area contributed by atoms with Gasteiger partial charge in [0.15, 0.2) is 6.61 Å². The molecule has 138 valence electrons. The van der Waals surface area contributed by atoms with E-state index in [-0.39, 0.29) is 10.9 Å². The predicted octanol–water partition coefficient (Wildman–Crippen LogP) is 2.87. The largest absolute Gasteiger partial charge is 0.482 e. The van der Waals surface area contributed by atoms with Crippen LogP contribution in [0.4, 0.5) is 0 Å². The van der Waals surface area contributed by atoms with Crippen molar-refractivity contribution in [1.29, 1.82) is 0 Å². The van der Waals surface area contributed by atoms with Gasteiger partial charge in [-0.1, -0.05) is 23.7 Å². The van der Waals surface area contributed by atoms with Crippen molar-refractivity contribution in [2.75, 3.05) is 20.3 Å². The van der Waals surface area contributed by atoms with E-state index in [1.165, 1.54) is 17.2 Å². The molecule has 1 heterocycles. The Morgan fingerprint density at radius 2 is 1.92 bits per heavy atom. The van der Waals surface area contributed by atoms with Gasteiger partial charge >= 0.3 is 5.97 Å². The molecule has 0 bridgehead atoms. The van der Waals surface area contributed by atoms with Gasteiger partial charge in [0.1, 0.15) is 10.8 Å². The number of carbonyl (C=O) groups excluding carboxylic acids is 1. The molecule has 1 N–H and O–H groups in total. The van der Waals surface area contributed by atoms with Crippen LogP contribution in [0.3, 0.4) is 0 Å². The summed E-state index contributed by atoms with van der Waals surface area (Å²) in [6, 6.07) is 8.38. The summed E-state index contributed by atoms with van der Waals surface area (Å²) in [5.41, 5.74) is 1.23. The average molecular weight is 379 g/mol. The number of aliphatic carboxylic acids is 1. The van der Waals surface area contributed by atoms with Crippen LogP contribution in [0.25, 0.3) is 0 Å². The molecule has 0 atom stereocenters. The maximum atomic E-state index is 12.5. The summed E-state index contributed by atoms with van der Waals surface area (Å²) in [4.78, 5) is 28.6. The monoisotopic (exact) mass is 378 g/mol. The second kappa shape index (κ2) is 9.05. The van der Waals surface area contributed by atoms with Crippen molar-refractivity contribution in [1.82, 2.24) is 9.88 Å². The Bertz CT molecular complexity index is 780. The quantitative estimate of drug-likeness (QED) is 0.759. The zero-order chi connectivity index (χ0) is 19.1. The van der Waals surface area contributed by atoms with Gasteiger partial charge < -0.3 is 19.5 Å². The fourth-order valence-electron chi connectivity index (χ4n) is 2.19. The third kappa shape index (κ3) is 5.35. The van der Waals surface area contributed by atoms with Crippen LogP contribution in [0.1, 0.15) is 22.8 Å². The van der Waals surface area contributed by atoms with Gasteiger partial charge in [0, 0.05) is 19.8 Å². The van der Waals surface area contributed by atoms with Gasteiger partial charge in [-0.05, 0) is 30.7 Å². The first-order valence-corrected chi connectivity index (χ1v) is 8.25. The first-order chi connectivity index (χ1) is 12.4. The maximum absolute atomic E-state index is 12.5. The van der Waals surface area contributed by atoms with E-state index in [0.29, 0.717) is 30.3 Å². The van der Waals surface area contributed by atoms with Crippen molar-refractivity contribution in [2.45, 2.75) is 13.5 Å². The number of rotatable bonds is 8. The zero-order valence-corrected chi connectivity index (χ0v) is 15.2. The van der Waals surface area contributed by atoms with Crippen LogP contribution >= 0.6 is 11.6 Å². The minimum Gasteiger partial charge on any atom is -0.482 e. The first kappa shape index (κ1) is 19.5. The highest BCUT2D eigenvalue weighted by atomic mass is 35.5. The Kier molecular flexibility index (Phi) is 6.80. The summed E-state index contributed by atoms with van der Waals surface area (Å²) in [6.45, 7) is 2.22. The molecule has 7 nitrogen and oxygen atoms in total. The van der Waals surface area contributed by atoms with Crippen LogP contribution in [-0.2, 0) is 11.3 Å². The van der Waals surface area contributed by atoms with Crippen LogP contribution in [0.2, 0.25) is 5.02 Å². The molecule has 1 aromatic carbocycles. The zero-order valence-electron chi connectivity index (χ0n) is 14.4. The van der Waals surface area contributed by atoms with E-state index in [1.807, 2.05) is 6.92 Å². The average Bonchev–Trinajstić information content (AvgIpc) is 2.62. The number of carbonyl (C=O) groups is 2. The molecule has 8 heteroatoms. The lowest BCUT2D eigenvalue weighted by molar-refractivity contribution is -0.139. The van der Waals surface area contributed by atoms with Crippen molar-refractivity contribution in [3.63, 3.8) is 0 Å². The van der Waals surface area contributed by atoms with Crippen molar-refractivity contribution < 1.29 is 24.2 Å². The summed E-state index contributed by atoms with van der Waals surface area (Å²) in [5.74, 6) is -0.520. The number of nitrogens with zero attached hydrogens (tertiary/aromatic N) is 2. The Morgan fingerprint density at radius 1 is 1.23 bits per heavy atom. The molecule has 0 saturated heterocycles. The molecule has 0 unspecified atom stereocenters. The van der Waals surface area contributed by atoms with Gasteiger partial charge in [-0.25, -0.2) is 9.78 Å². The SMILES string of the molecule is CCOc1ncc(C(=O)N(C)Cc2ccc(OCC(=O)O)cc2)cc1Cl. The van der Waals surface area contributed by atoms with Crippen LogP contribution in [0, 0.1) is 0 Å². The number of carboxylic acid groups (broad SMARTS) is 1. The molecule has 26 heavy (non-hydrogen) atoms. The third-order valence-corrected chi connectivity index (χ3v) is 3.66. The van der Waals surface area contributed by atoms with Crippen LogP contribution in [0.5, 0.6) is 11.6 Å². The van der Waals surface area contributed by atoms with Gasteiger partial charge in [-0.15, -0.1) is 0 Å². The second-order valence-corrected chi connectivity index (χ2v) is 5.84. The summed E-state index contributed by atoms with van der Waals surface area (Å²) in [7, 11) is 1.67. The topological polar surface area (TPSA) is 89.0 Å². The van der Waals surface area contributed by atoms with E-state index < -0.39 is 12.6 Å². The first-order valence-electron chi connectivity index (χ1n) is 7.88. The Labute approximate surface area is 156 Å². The number of halogens is 1. The molecule has 2 rings (SSSR count). The fourth-order valence-corrected chi connectivity index (χ4v) is 2.41. The number of aromatic nitrogens is 1. The van der Waals surface area contributed by atoms with E-state index in [2.05, 4.69) is 4.98 Å². The highest BCUT2D eigenvalue weighted by Crippen LogP contribution is 2.23. The lowest BCUT2D eigenvalue weighted by Crippen LogP contribution is -2.26. The van der Waals surface area contributed by atoms with Crippen molar-refractivity contribution in [3.8, 4) is 11.6 Å². The Balaban J connectivity index is 2.00. The number of amides is 1. The minimum atomic E-state index is -1.04. The molecule has 0 spiro atoms. The fraction of sp³-hybridized carbons (Fsp3) is 0.278. The maximum Gasteiger partial charge on any atom is 0.341 e. The number of hydrogen-bond donors (Lipinski definition) is 1. The van der Waals surface area contributed by atoms with E-state index in [9.17, 15) is 9.59 Å². The lowest BCUT2D eigenvalue weighted by atomic mass is 10.2. The summed E-state index contributed by atoms with van der Waals surface area (Å²) in [5, 5.41) is 8.88. The van der Waals surface area contributed by atoms with Gasteiger partial charge in [-0.2, -0.15) is 0 Å². The van der Waals surface area contributed by atoms with Crippen molar-refractivity contribution in [2.24, 2.45) is 0 Å². The van der Waals surface area contributed by atoms with Gasteiger partial charge in [-0.3, -0.25) is 4.79 Å². The van der Waals surface area contributed by atoms with Gasteiger partial charge in [0.2, 0.25) is 5.88 Å². The van der Waals surface area contributed by atoms with Crippen LogP contribution in [0.15, 0.2) is 36.5 Å². The Hall–Kier alpha value is -2.80. The molecule has 0 aliphatic rings. The minimum absolute atomic E-state index is 0.228. The lowest BCUT2D eigenvalue weighted by Gasteiger charge is -2.18. The smallest absolute Gasteiger partial charge is 0.341 e. The molecular formula is C18H19ClN2O5.